The number of hydrogen-bond acceptors (Lipinski definition) is 3. The third-order valence-corrected chi connectivity index (χ3v) is 9.00. The van der Waals surface area contributed by atoms with Gasteiger partial charge in [0.2, 0.25) is 5.91 Å². The molecule has 0 spiro atoms. The van der Waals surface area contributed by atoms with Gasteiger partial charge in [-0.05, 0) is 85.0 Å². The molecule has 5 rings (SSSR count). The van der Waals surface area contributed by atoms with Crippen LogP contribution in [0.5, 0.6) is 0 Å². The number of nitrogens with one attached hydrogen (secondary N) is 2. The Bertz CT molecular complexity index is 1420. The quantitative estimate of drug-likeness (QED) is 0.259. The number of alkyl halides is 1. The first-order chi connectivity index (χ1) is 20.4. The third-order valence-electron chi connectivity index (χ3n) is 9.00. The van der Waals surface area contributed by atoms with Crippen LogP contribution in [0.2, 0.25) is 0 Å². The van der Waals surface area contributed by atoms with Crippen molar-refractivity contribution in [1.29, 1.82) is 0 Å². The molecule has 6 heteroatoms. The molecule has 2 N–H and O–H groups in total. The molecule has 3 aromatic carbocycles. The highest BCUT2D eigenvalue weighted by atomic mass is 19.1. The second kappa shape index (κ2) is 12.2. The van der Waals surface area contributed by atoms with Crippen LogP contribution < -0.4 is 10.6 Å². The summed E-state index contributed by atoms with van der Waals surface area (Å²) in [6.45, 7) is 12.1. The number of rotatable bonds is 10. The van der Waals surface area contributed by atoms with E-state index in [4.69, 9.17) is 0 Å². The van der Waals surface area contributed by atoms with Crippen molar-refractivity contribution in [3.63, 3.8) is 0 Å². The van der Waals surface area contributed by atoms with E-state index in [1.165, 1.54) is 13.8 Å². The highest BCUT2D eigenvalue weighted by Crippen LogP contribution is 2.51. The average Bonchev–Trinajstić information content (AvgIpc) is 3.54. The molecule has 228 valence electrons. The number of nitrogens with zero attached hydrogens (tertiary/aromatic N) is 1. The van der Waals surface area contributed by atoms with Crippen molar-refractivity contribution >= 4 is 11.8 Å². The molecule has 1 fully saturated rings. The zero-order valence-electron chi connectivity index (χ0n) is 26.3. The average molecular weight is 584 g/mol. The first kappa shape index (κ1) is 30.9. The summed E-state index contributed by atoms with van der Waals surface area (Å²) in [4.78, 5) is 29.4. The number of carbonyl (C=O) groups excluding carboxylic acids is 2. The predicted octanol–water partition coefficient (Wildman–Crippen LogP) is 6.79. The van der Waals surface area contributed by atoms with Gasteiger partial charge in [-0.25, -0.2) is 4.39 Å². The normalized spacial score (nSPS) is 17.8. The van der Waals surface area contributed by atoms with E-state index in [0.717, 1.165) is 66.7 Å². The molecule has 1 aliphatic heterocycles. The number of amides is 2. The molecule has 2 amide bonds. The second-order valence-corrected chi connectivity index (χ2v) is 13.9. The van der Waals surface area contributed by atoms with Crippen molar-refractivity contribution in [2.75, 3.05) is 26.2 Å². The van der Waals surface area contributed by atoms with Crippen LogP contribution in [0.4, 0.5) is 4.39 Å². The number of hydrogen-bond donors (Lipinski definition) is 2. The van der Waals surface area contributed by atoms with Crippen molar-refractivity contribution in [1.82, 2.24) is 15.5 Å². The Morgan fingerprint density at radius 3 is 2.19 bits per heavy atom. The molecule has 5 nitrogen and oxygen atoms in total. The first-order valence-electron chi connectivity index (χ1n) is 15.7. The molecular formula is C37H46FN3O2. The maximum Gasteiger partial charge on any atom is 0.251 e. The first-order valence-corrected chi connectivity index (χ1v) is 15.7. The minimum Gasteiger partial charge on any atom is -0.352 e. The monoisotopic (exact) mass is 583 g/mol. The van der Waals surface area contributed by atoms with Crippen LogP contribution >= 0.6 is 0 Å². The van der Waals surface area contributed by atoms with Gasteiger partial charge in [0, 0.05) is 24.7 Å². The highest BCUT2D eigenvalue weighted by molar-refractivity contribution is 6.00. The summed E-state index contributed by atoms with van der Waals surface area (Å²) in [5, 5.41) is 6.20. The molecule has 1 atom stereocenters. The van der Waals surface area contributed by atoms with Crippen LogP contribution in [-0.4, -0.2) is 54.6 Å². The van der Waals surface area contributed by atoms with E-state index in [-0.39, 0.29) is 29.8 Å². The number of halogens is 1. The number of benzene rings is 3. The van der Waals surface area contributed by atoms with Crippen molar-refractivity contribution in [2.45, 2.75) is 82.8 Å². The van der Waals surface area contributed by atoms with E-state index >= 15 is 0 Å². The molecule has 0 bridgehead atoms. The summed E-state index contributed by atoms with van der Waals surface area (Å²) in [5.41, 5.74) is 3.69. The molecule has 0 radical (unpaired) electrons. The molecule has 1 aliphatic carbocycles. The largest absolute Gasteiger partial charge is 0.352 e. The molecule has 1 heterocycles. The van der Waals surface area contributed by atoms with Crippen molar-refractivity contribution in [2.24, 2.45) is 0 Å². The fraction of sp³-hybridized carbons (Fsp3) is 0.459. The lowest BCUT2D eigenvalue weighted by atomic mass is 9.73. The van der Waals surface area contributed by atoms with Gasteiger partial charge in [0.1, 0.15) is 11.1 Å². The van der Waals surface area contributed by atoms with Gasteiger partial charge in [0.05, 0.1) is 6.54 Å². The van der Waals surface area contributed by atoms with Gasteiger partial charge in [-0.3, -0.25) is 9.59 Å². The third kappa shape index (κ3) is 6.70. The van der Waals surface area contributed by atoms with Crippen LogP contribution in [0.15, 0.2) is 72.8 Å². The molecule has 1 unspecified atom stereocenters. The van der Waals surface area contributed by atoms with Gasteiger partial charge in [0.15, 0.2) is 0 Å². The fourth-order valence-corrected chi connectivity index (χ4v) is 6.67. The molecule has 0 saturated carbocycles. The van der Waals surface area contributed by atoms with Crippen molar-refractivity contribution < 1.29 is 14.0 Å². The molecule has 0 aromatic heterocycles. The molecule has 3 aromatic rings. The lowest BCUT2D eigenvalue weighted by Crippen LogP contribution is -2.47. The van der Waals surface area contributed by atoms with Crippen molar-refractivity contribution in [3.05, 3.63) is 95.1 Å². The summed E-state index contributed by atoms with van der Waals surface area (Å²) in [7, 11) is 0. The SMILES string of the molecule is CC(C)(F)CNC(=O)C1(CCCCN2CCC(NC(=O)c3cccc(C(C)(C)C)c3)C2)c2ccccc2-c2ccccc21. The Kier molecular flexibility index (Phi) is 8.80. The van der Waals surface area contributed by atoms with E-state index in [1.807, 2.05) is 42.5 Å². The van der Waals surface area contributed by atoms with Crippen LogP contribution in [0.3, 0.4) is 0 Å². The van der Waals surface area contributed by atoms with E-state index in [0.29, 0.717) is 12.0 Å². The Balaban J connectivity index is 1.22. The van der Waals surface area contributed by atoms with Gasteiger partial charge >= 0.3 is 0 Å². The Morgan fingerprint density at radius 1 is 0.907 bits per heavy atom. The maximum absolute atomic E-state index is 14.5. The number of likely N-dealkylation sites (tertiary alicyclic amines) is 1. The van der Waals surface area contributed by atoms with Gasteiger partial charge < -0.3 is 15.5 Å². The van der Waals surface area contributed by atoms with Crippen LogP contribution in [0, 0.1) is 0 Å². The summed E-state index contributed by atoms with van der Waals surface area (Å²) in [6, 6.07) is 24.3. The Labute approximate surface area is 256 Å². The van der Waals surface area contributed by atoms with Gasteiger partial charge in [-0.2, -0.15) is 0 Å². The topological polar surface area (TPSA) is 61.4 Å². The van der Waals surface area contributed by atoms with Crippen LogP contribution in [0.1, 0.15) is 87.4 Å². The zero-order valence-corrected chi connectivity index (χ0v) is 26.3. The maximum atomic E-state index is 14.5. The zero-order chi connectivity index (χ0) is 30.8. The van der Waals surface area contributed by atoms with E-state index in [1.54, 1.807) is 0 Å². The van der Waals surface area contributed by atoms with Gasteiger partial charge in [0.25, 0.3) is 5.91 Å². The predicted molar refractivity (Wildman–Crippen MR) is 172 cm³/mol. The van der Waals surface area contributed by atoms with Gasteiger partial charge in [-0.15, -0.1) is 0 Å². The highest BCUT2D eigenvalue weighted by Gasteiger charge is 2.48. The smallest absolute Gasteiger partial charge is 0.251 e. The number of fused-ring (bicyclic) bond motifs is 3. The Hall–Kier alpha value is -3.51. The summed E-state index contributed by atoms with van der Waals surface area (Å²) >= 11 is 0. The fourth-order valence-electron chi connectivity index (χ4n) is 6.67. The number of carbonyl (C=O) groups is 2. The standard InChI is InChI=1S/C37H46FN3O2/c1-35(2,3)27-14-12-13-26(23-27)33(42)40-28-19-22-41(24-28)21-11-10-20-37(34(43)39-25-36(4,5)38)31-17-8-6-15-29(31)30-16-7-9-18-32(30)37/h6-9,12-18,23,28H,10-11,19-22,24-25H2,1-5H3,(H,39,43)(H,40,42). The summed E-state index contributed by atoms with van der Waals surface area (Å²) in [5.74, 6) is -0.143. The lowest BCUT2D eigenvalue weighted by molar-refractivity contribution is -0.126. The molecule has 2 aliphatic rings. The minimum atomic E-state index is -1.49. The molecule has 43 heavy (non-hydrogen) atoms. The van der Waals surface area contributed by atoms with E-state index in [2.05, 4.69) is 66.6 Å². The summed E-state index contributed by atoms with van der Waals surface area (Å²) in [6.07, 6.45) is 3.36. The van der Waals surface area contributed by atoms with E-state index in [9.17, 15) is 14.0 Å². The van der Waals surface area contributed by atoms with E-state index < -0.39 is 11.1 Å². The van der Waals surface area contributed by atoms with Crippen LogP contribution in [-0.2, 0) is 15.6 Å². The lowest BCUT2D eigenvalue weighted by Gasteiger charge is -2.32. The summed E-state index contributed by atoms with van der Waals surface area (Å²) < 4.78 is 14.5. The minimum absolute atomic E-state index is 0.00774. The van der Waals surface area contributed by atoms with Crippen molar-refractivity contribution in [3.8, 4) is 11.1 Å². The molecule has 1 saturated heterocycles. The molecular weight excluding hydrogens is 537 g/mol. The Morgan fingerprint density at radius 2 is 1.56 bits per heavy atom. The number of unbranched alkanes of at least 4 members (excludes halogenated alkanes) is 1. The second-order valence-electron chi connectivity index (χ2n) is 13.9. The van der Waals surface area contributed by atoms with Crippen LogP contribution in [0.25, 0.3) is 11.1 Å². The van der Waals surface area contributed by atoms with Gasteiger partial charge in [-0.1, -0.05) is 87.9 Å².